The predicted octanol–water partition coefficient (Wildman–Crippen LogP) is 2.58. The molecular weight excluding hydrogens is 302 g/mol. The van der Waals surface area contributed by atoms with E-state index >= 15 is 0 Å². The van der Waals surface area contributed by atoms with E-state index < -0.39 is 11.6 Å². The van der Waals surface area contributed by atoms with E-state index in [1.807, 2.05) is 30.3 Å². The normalized spacial score (nSPS) is 11.0. The van der Waals surface area contributed by atoms with Crippen molar-refractivity contribution in [1.29, 1.82) is 0 Å². The number of tetrazole rings is 1. The number of hydrazone groups is 1. The molecule has 3 rings (SSSR count). The quantitative estimate of drug-likeness (QED) is 0.580. The Labute approximate surface area is 130 Å². The molecule has 0 bridgehead atoms. The number of halogens is 2. The molecule has 1 N–H and O–H groups in total. The summed E-state index contributed by atoms with van der Waals surface area (Å²) in [5.74, 6) is -0.767. The molecule has 0 saturated carbocycles. The highest BCUT2D eigenvalue weighted by Gasteiger charge is 2.06. The fraction of sp³-hybridized carbons (Fsp3) is 0.0667. The lowest BCUT2D eigenvalue weighted by molar-refractivity contribution is 0.585. The second kappa shape index (κ2) is 6.73. The van der Waals surface area contributed by atoms with Crippen LogP contribution in [0.15, 0.2) is 53.6 Å². The molecule has 8 heteroatoms. The van der Waals surface area contributed by atoms with E-state index in [0.717, 1.165) is 17.8 Å². The Morgan fingerprint density at radius 2 is 1.96 bits per heavy atom. The Morgan fingerprint density at radius 3 is 2.74 bits per heavy atom. The van der Waals surface area contributed by atoms with Crippen LogP contribution in [0.2, 0.25) is 0 Å². The number of hydrogen-bond donors (Lipinski definition) is 1. The molecule has 3 aromatic rings. The van der Waals surface area contributed by atoms with Crippen molar-refractivity contribution < 1.29 is 8.78 Å². The molecule has 0 radical (unpaired) electrons. The maximum atomic E-state index is 13.4. The monoisotopic (exact) mass is 314 g/mol. The second-order valence-electron chi connectivity index (χ2n) is 4.59. The number of nitrogens with zero attached hydrogens (tertiary/aromatic N) is 5. The van der Waals surface area contributed by atoms with Crippen molar-refractivity contribution in [2.45, 2.75) is 6.42 Å². The van der Waals surface area contributed by atoms with Gasteiger partial charge in [-0.3, -0.25) is 5.43 Å². The topological polar surface area (TPSA) is 68.0 Å². The first kappa shape index (κ1) is 14.8. The maximum Gasteiger partial charge on any atom is 0.162 e. The molecule has 1 aromatic heterocycles. The van der Waals surface area contributed by atoms with Crippen LogP contribution in [0.4, 0.5) is 14.5 Å². The SMILES string of the molecule is Fc1ccc(N/N=C\Cc2nnnn2-c2ccccc2)c(F)c1. The summed E-state index contributed by atoms with van der Waals surface area (Å²) in [6.45, 7) is 0. The van der Waals surface area contributed by atoms with Crippen LogP contribution < -0.4 is 5.43 Å². The van der Waals surface area contributed by atoms with Gasteiger partial charge in [0.05, 0.1) is 11.4 Å². The fourth-order valence-electron chi connectivity index (χ4n) is 1.93. The number of para-hydroxylation sites is 1. The summed E-state index contributed by atoms with van der Waals surface area (Å²) in [4.78, 5) is 0. The van der Waals surface area contributed by atoms with Crippen molar-refractivity contribution in [2.75, 3.05) is 5.43 Å². The first-order valence-electron chi connectivity index (χ1n) is 6.79. The van der Waals surface area contributed by atoms with E-state index in [2.05, 4.69) is 26.1 Å². The van der Waals surface area contributed by atoms with E-state index in [4.69, 9.17) is 0 Å². The van der Waals surface area contributed by atoms with Crippen LogP contribution in [0.1, 0.15) is 5.82 Å². The third-order valence-electron chi connectivity index (χ3n) is 3.02. The fourth-order valence-corrected chi connectivity index (χ4v) is 1.93. The van der Waals surface area contributed by atoms with E-state index in [1.54, 1.807) is 4.68 Å². The molecule has 0 aliphatic heterocycles. The van der Waals surface area contributed by atoms with Crippen LogP contribution in [0.25, 0.3) is 5.69 Å². The lowest BCUT2D eigenvalue weighted by Gasteiger charge is -2.03. The minimum absolute atomic E-state index is 0.0882. The third kappa shape index (κ3) is 3.54. The number of nitrogens with one attached hydrogen (secondary N) is 1. The van der Waals surface area contributed by atoms with Crippen LogP contribution >= 0.6 is 0 Å². The summed E-state index contributed by atoms with van der Waals surface area (Å²) < 4.78 is 27.8. The smallest absolute Gasteiger partial charge is 0.162 e. The number of rotatable bonds is 5. The highest BCUT2D eigenvalue weighted by atomic mass is 19.1. The van der Waals surface area contributed by atoms with Crippen molar-refractivity contribution in [3.63, 3.8) is 0 Å². The van der Waals surface area contributed by atoms with Crippen molar-refractivity contribution in [3.8, 4) is 5.69 Å². The van der Waals surface area contributed by atoms with Crippen LogP contribution in [-0.4, -0.2) is 26.4 Å². The van der Waals surface area contributed by atoms with Crippen molar-refractivity contribution in [2.24, 2.45) is 5.10 Å². The molecule has 0 aliphatic carbocycles. The molecule has 0 saturated heterocycles. The molecular formula is C15H12F2N6. The van der Waals surface area contributed by atoms with Crippen LogP contribution in [0.3, 0.4) is 0 Å². The van der Waals surface area contributed by atoms with Crippen LogP contribution in [-0.2, 0) is 6.42 Å². The lowest BCUT2D eigenvalue weighted by atomic mass is 10.3. The standard InChI is InChI=1S/C15H12F2N6/c16-11-6-7-14(13(17)10-11)19-18-9-8-15-20-21-22-23(15)12-4-2-1-3-5-12/h1-7,9-10,19H,8H2/b18-9-. The van der Waals surface area contributed by atoms with Gasteiger partial charge >= 0.3 is 0 Å². The molecule has 0 amide bonds. The Bertz CT molecular complexity index is 816. The van der Waals surface area contributed by atoms with E-state index in [0.29, 0.717) is 12.2 Å². The van der Waals surface area contributed by atoms with Gasteiger partial charge in [-0.15, -0.1) is 5.10 Å². The number of anilines is 1. The molecule has 0 spiro atoms. The van der Waals surface area contributed by atoms with Crippen LogP contribution in [0, 0.1) is 11.6 Å². The van der Waals surface area contributed by atoms with Crippen molar-refractivity contribution in [1.82, 2.24) is 20.2 Å². The zero-order chi connectivity index (χ0) is 16.1. The molecule has 2 aromatic carbocycles. The van der Waals surface area contributed by atoms with E-state index in [-0.39, 0.29) is 5.69 Å². The molecule has 23 heavy (non-hydrogen) atoms. The minimum atomic E-state index is -0.712. The van der Waals surface area contributed by atoms with Gasteiger partial charge in [0.2, 0.25) is 0 Å². The maximum absolute atomic E-state index is 13.4. The number of benzene rings is 2. The van der Waals surface area contributed by atoms with Gasteiger partial charge in [-0.1, -0.05) is 18.2 Å². The van der Waals surface area contributed by atoms with Gasteiger partial charge in [-0.25, -0.2) is 8.78 Å². The molecule has 0 fully saturated rings. The largest absolute Gasteiger partial charge is 0.276 e. The average Bonchev–Trinajstić information content (AvgIpc) is 3.02. The number of hydrogen-bond acceptors (Lipinski definition) is 5. The first-order valence-corrected chi connectivity index (χ1v) is 6.79. The summed E-state index contributed by atoms with van der Waals surface area (Å²) in [6.07, 6.45) is 1.85. The Kier molecular flexibility index (Phi) is 4.32. The van der Waals surface area contributed by atoms with Gasteiger partial charge in [-0.2, -0.15) is 9.78 Å². The van der Waals surface area contributed by atoms with E-state index in [1.165, 1.54) is 12.3 Å². The zero-order valence-electron chi connectivity index (χ0n) is 11.9. The second-order valence-corrected chi connectivity index (χ2v) is 4.59. The summed E-state index contributed by atoms with van der Waals surface area (Å²) in [5.41, 5.74) is 3.43. The molecule has 1 heterocycles. The molecule has 116 valence electrons. The molecule has 0 atom stereocenters. The molecule has 0 unspecified atom stereocenters. The first-order chi connectivity index (χ1) is 11.2. The minimum Gasteiger partial charge on any atom is -0.276 e. The van der Waals surface area contributed by atoms with E-state index in [9.17, 15) is 8.78 Å². The Hall–Kier alpha value is -3.16. The van der Waals surface area contributed by atoms with Crippen molar-refractivity contribution >= 4 is 11.9 Å². The Morgan fingerprint density at radius 1 is 1.13 bits per heavy atom. The third-order valence-corrected chi connectivity index (χ3v) is 3.02. The highest BCUT2D eigenvalue weighted by Crippen LogP contribution is 2.14. The van der Waals surface area contributed by atoms with Gasteiger partial charge in [0.25, 0.3) is 0 Å². The Balaban J connectivity index is 1.66. The zero-order valence-corrected chi connectivity index (χ0v) is 11.9. The predicted molar refractivity (Wildman–Crippen MR) is 81.3 cm³/mol. The molecule has 6 nitrogen and oxygen atoms in total. The van der Waals surface area contributed by atoms with Gasteiger partial charge in [0.1, 0.15) is 5.82 Å². The summed E-state index contributed by atoms with van der Waals surface area (Å²) in [6, 6.07) is 12.6. The highest BCUT2D eigenvalue weighted by molar-refractivity contribution is 5.62. The molecule has 0 aliphatic rings. The summed E-state index contributed by atoms with van der Waals surface area (Å²) >= 11 is 0. The lowest BCUT2D eigenvalue weighted by Crippen LogP contribution is -2.04. The average molecular weight is 314 g/mol. The number of aromatic nitrogens is 4. The van der Waals surface area contributed by atoms with Gasteiger partial charge in [0, 0.05) is 18.7 Å². The van der Waals surface area contributed by atoms with Gasteiger partial charge in [0.15, 0.2) is 11.6 Å². The van der Waals surface area contributed by atoms with Gasteiger partial charge in [-0.05, 0) is 34.7 Å². The van der Waals surface area contributed by atoms with Crippen molar-refractivity contribution in [3.05, 3.63) is 66.0 Å². The van der Waals surface area contributed by atoms with Gasteiger partial charge < -0.3 is 0 Å². The van der Waals surface area contributed by atoms with Crippen LogP contribution in [0.5, 0.6) is 0 Å². The summed E-state index contributed by atoms with van der Waals surface area (Å²) in [7, 11) is 0. The summed E-state index contributed by atoms with van der Waals surface area (Å²) in [5, 5.41) is 15.4.